The predicted molar refractivity (Wildman–Crippen MR) is 128 cm³/mol. The number of carbonyl (C=O) groups is 1. The van der Waals surface area contributed by atoms with E-state index in [0.29, 0.717) is 22.9 Å². The van der Waals surface area contributed by atoms with Crippen LogP contribution in [0, 0.1) is 12.8 Å². The van der Waals surface area contributed by atoms with E-state index in [-0.39, 0.29) is 11.8 Å². The zero-order valence-corrected chi connectivity index (χ0v) is 19.3. The third-order valence-corrected chi connectivity index (χ3v) is 6.32. The number of benzene rings is 1. The van der Waals surface area contributed by atoms with Gasteiger partial charge in [-0.15, -0.1) is 0 Å². The molecule has 2 fully saturated rings. The topological polar surface area (TPSA) is 124 Å². The average molecular weight is 466 g/mol. The van der Waals surface area contributed by atoms with Crippen molar-refractivity contribution in [2.75, 3.05) is 41.7 Å². The lowest BCUT2D eigenvalue weighted by molar-refractivity contribution is -0.117. The zero-order valence-electron chi connectivity index (χ0n) is 18.5. The summed E-state index contributed by atoms with van der Waals surface area (Å²) in [6.07, 6.45) is 3.01. The molecule has 1 aliphatic carbocycles. The van der Waals surface area contributed by atoms with Crippen LogP contribution in [-0.4, -0.2) is 57.2 Å². The van der Waals surface area contributed by atoms with Crippen LogP contribution in [0.5, 0.6) is 0 Å². The van der Waals surface area contributed by atoms with Gasteiger partial charge in [-0.05, 0) is 68.8 Å². The first-order chi connectivity index (χ1) is 16.1. The van der Waals surface area contributed by atoms with Gasteiger partial charge in [-0.3, -0.25) is 9.89 Å². The third kappa shape index (κ3) is 5.79. The minimum absolute atomic E-state index is 0.105. The molecule has 1 saturated heterocycles. The van der Waals surface area contributed by atoms with E-state index in [9.17, 15) is 4.79 Å². The Labute approximate surface area is 196 Å². The quantitative estimate of drug-likeness (QED) is 0.417. The van der Waals surface area contributed by atoms with Crippen molar-refractivity contribution in [3.05, 3.63) is 36.0 Å². The lowest BCUT2D eigenvalue weighted by Crippen LogP contribution is -2.29. The molecule has 5 rings (SSSR count). The molecule has 3 heterocycles. The second-order valence-corrected chi connectivity index (χ2v) is 9.32. The van der Waals surface area contributed by atoms with Crippen molar-refractivity contribution in [3.8, 4) is 0 Å². The zero-order chi connectivity index (χ0) is 22.6. The number of hydrogen-bond donors (Lipinski definition) is 4. The predicted octanol–water partition coefficient (Wildman–Crippen LogP) is 2.95. The molecule has 33 heavy (non-hydrogen) atoms. The van der Waals surface area contributed by atoms with E-state index in [2.05, 4.69) is 41.0 Å². The average Bonchev–Trinajstić information content (AvgIpc) is 3.62. The van der Waals surface area contributed by atoms with Gasteiger partial charge >= 0.3 is 0 Å². The second-order valence-electron chi connectivity index (χ2n) is 8.28. The first-order valence-corrected chi connectivity index (χ1v) is 12.0. The van der Waals surface area contributed by atoms with Crippen molar-refractivity contribution in [1.29, 1.82) is 0 Å². The normalized spacial score (nSPS) is 16.3. The maximum atomic E-state index is 12.0. The van der Waals surface area contributed by atoms with Gasteiger partial charge in [0.05, 0.1) is 0 Å². The first-order valence-electron chi connectivity index (χ1n) is 11.2. The number of nitrogens with one attached hydrogen (secondary N) is 4. The Kier molecular flexibility index (Phi) is 6.40. The summed E-state index contributed by atoms with van der Waals surface area (Å²) >= 11 is 1.46. The number of rotatable bonds is 7. The lowest BCUT2D eigenvalue weighted by Gasteiger charge is -2.20. The number of aryl methyl sites for hydroxylation is 1. The smallest absolute Gasteiger partial charge is 0.234 e. The fourth-order valence-electron chi connectivity index (χ4n) is 3.53. The van der Waals surface area contributed by atoms with Crippen molar-refractivity contribution < 1.29 is 4.79 Å². The third-order valence-electron chi connectivity index (χ3n) is 5.45. The van der Waals surface area contributed by atoms with E-state index in [1.165, 1.54) is 11.8 Å². The second kappa shape index (κ2) is 9.75. The molecule has 0 unspecified atom stereocenters. The van der Waals surface area contributed by atoms with Crippen LogP contribution in [0.25, 0.3) is 0 Å². The SMILES string of the molecule is Cc1cc(Nc2nc(Sc3ccc(NC(=O)C4CC4)cc3)nc(N3CCCNCC3)n2)n[nH]1. The molecule has 0 atom stereocenters. The van der Waals surface area contributed by atoms with Crippen LogP contribution in [0.2, 0.25) is 0 Å². The summed E-state index contributed by atoms with van der Waals surface area (Å²) in [7, 11) is 0. The molecule has 2 aromatic heterocycles. The molecule has 10 nitrogen and oxygen atoms in total. The van der Waals surface area contributed by atoms with Crippen molar-refractivity contribution in [3.63, 3.8) is 0 Å². The lowest BCUT2D eigenvalue weighted by atomic mass is 10.3. The van der Waals surface area contributed by atoms with Crippen molar-refractivity contribution in [2.45, 2.75) is 36.2 Å². The highest BCUT2D eigenvalue weighted by atomic mass is 32.2. The Morgan fingerprint density at radius 3 is 2.73 bits per heavy atom. The summed E-state index contributed by atoms with van der Waals surface area (Å²) in [6.45, 7) is 5.55. The largest absolute Gasteiger partial charge is 0.339 e. The number of carbonyl (C=O) groups excluding carboxylic acids is 1. The van der Waals surface area contributed by atoms with Crippen molar-refractivity contribution in [2.24, 2.45) is 5.92 Å². The first kappa shape index (κ1) is 21.7. The van der Waals surface area contributed by atoms with E-state index < -0.39 is 0 Å². The Balaban J connectivity index is 1.35. The molecule has 3 aromatic rings. The number of hydrogen-bond acceptors (Lipinski definition) is 9. The molecule has 0 radical (unpaired) electrons. The van der Waals surface area contributed by atoms with Crippen LogP contribution in [0.1, 0.15) is 25.0 Å². The molecule has 1 saturated carbocycles. The van der Waals surface area contributed by atoms with E-state index in [4.69, 9.17) is 4.98 Å². The van der Waals surface area contributed by atoms with Crippen LogP contribution in [0.4, 0.5) is 23.4 Å². The highest BCUT2D eigenvalue weighted by Crippen LogP contribution is 2.31. The maximum absolute atomic E-state index is 12.0. The number of H-pyrrole nitrogens is 1. The fourth-order valence-corrected chi connectivity index (χ4v) is 4.28. The molecule has 0 bridgehead atoms. The molecule has 172 valence electrons. The fraction of sp³-hybridized carbons (Fsp3) is 0.409. The van der Waals surface area contributed by atoms with Crippen LogP contribution < -0.4 is 20.9 Å². The molecular formula is C22H27N9OS. The molecule has 4 N–H and O–H groups in total. The van der Waals surface area contributed by atoms with Gasteiger partial charge < -0.3 is 20.9 Å². The Hall–Kier alpha value is -3.18. The number of nitrogens with zero attached hydrogens (tertiary/aromatic N) is 5. The van der Waals surface area contributed by atoms with Gasteiger partial charge in [-0.2, -0.15) is 20.1 Å². The van der Waals surface area contributed by atoms with Crippen LogP contribution in [-0.2, 0) is 4.79 Å². The van der Waals surface area contributed by atoms with Crippen molar-refractivity contribution >= 4 is 41.1 Å². The van der Waals surface area contributed by atoms with Gasteiger partial charge in [0, 0.05) is 47.9 Å². The standard InChI is InChI=1S/C22H27N9OS/c1-14-13-18(30-29-14)25-20-26-21(31-11-2-9-23-10-12-31)28-22(27-20)33-17-7-5-16(6-8-17)24-19(32)15-3-4-15/h5-8,13,15,23H,2-4,9-12H2,1H3,(H,24,32)(H2,25,26,27,28,29,30). The summed E-state index contributed by atoms with van der Waals surface area (Å²) in [6, 6.07) is 9.67. The summed E-state index contributed by atoms with van der Waals surface area (Å²) in [5, 5.41) is 17.3. The minimum atomic E-state index is 0.105. The van der Waals surface area contributed by atoms with Gasteiger partial charge in [-0.25, -0.2) is 0 Å². The van der Waals surface area contributed by atoms with Crippen LogP contribution in [0.3, 0.4) is 0 Å². The van der Waals surface area contributed by atoms with Gasteiger partial charge in [0.1, 0.15) is 0 Å². The molecule has 1 aromatic carbocycles. The monoisotopic (exact) mass is 465 g/mol. The maximum Gasteiger partial charge on any atom is 0.234 e. The summed E-state index contributed by atoms with van der Waals surface area (Å²) < 4.78 is 0. The van der Waals surface area contributed by atoms with Crippen molar-refractivity contribution in [1.82, 2.24) is 30.5 Å². The van der Waals surface area contributed by atoms with Gasteiger partial charge in [0.2, 0.25) is 17.8 Å². The Morgan fingerprint density at radius 2 is 1.97 bits per heavy atom. The summed E-state index contributed by atoms with van der Waals surface area (Å²) in [5.41, 5.74) is 1.76. The molecule has 11 heteroatoms. The molecule has 2 aliphatic rings. The van der Waals surface area contributed by atoms with Crippen LogP contribution >= 0.6 is 11.8 Å². The molecule has 0 spiro atoms. The summed E-state index contributed by atoms with van der Waals surface area (Å²) in [4.78, 5) is 29.2. The highest BCUT2D eigenvalue weighted by Gasteiger charge is 2.29. The van der Waals surface area contributed by atoms with Gasteiger partial charge in [0.15, 0.2) is 11.0 Å². The van der Waals surface area contributed by atoms with E-state index in [1.807, 2.05) is 37.3 Å². The number of aromatic amines is 1. The summed E-state index contributed by atoms with van der Waals surface area (Å²) in [5.74, 6) is 2.06. The molecular weight excluding hydrogens is 438 g/mol. The molecule has 1 aliphatic heterocycles. The Morgan fingerprint density at radius 1 is 1.12 bits per heavy atom. The van der Waals surface area contributed by atoms with E-state index in [0.717, 1.165) is 61.7 Å². The molecule has 1 amide bonds. The number of anilines is 4. The van der Waals surface area contributed by atoms with Crippen LogP contribution in [0.15, 0.2) is 40.4 Å². The minimum Gasteiger partial charge on any atom is -0.339 e. The Bertz CT molecular complexity index is 1110. The highest BCUT2D eigenvalue weighted by molar-refractivity contribution is 7.99. The van der Waals surface area contributed by atoms with Gasteiger partial charge in [0.25, 0.3) is 0 Å². The number of amides is 1. The number of aromatic nitrogens is 5. The van der Waals surface area contributed by atoms with E-state index >= 15 is 0 Å². The van der Waals surface area contributed by atoms with Gasteiger partial charge in [-0.1, -0.05) is 0 Å². The van der Waals surface area contributed by atoms with E-state index in [1.54, 1.807) is 0 Å².